The molecule has 2 rings (SSSR count). The van der Waals surface area contributed by atoms with E-state index in [9.17, 15) is 9.90 Å². The molecule has 0 aromatic heterocycles. The molecule has 0 spiro atoms. The van der Waals surface area contributed by atoms with Gasteiger partial charge in [-0.15, -0.1) is 0 Å². The molecule has 5 nitrogen and oxygen atoms in total. The van der Waals surface area contributed by atoms with E-state index in [1.807, 2.05) is 24.3 Å². The van der Waals surface area contributed by atoms with E-state index in [0.29, 0.717) is 31.0 Å². The van der Waals surface area contributed by atoms with Crippen LogP contribution in [0, 0.1) is 0 Å². The number of benzene rings is 1. The fourth-order valence-electron chi connectivity index (χ4n) is 3.01. The maximum atomic E-state index is 11.9. The minimum Gasteiger partial charge on any atom is -0.447 e. The van der Waals surface area contributed by atoms with Crippen LogP contribution in [0.2, 0.25) is 5.02 Å². The van der Waals surface area contributed by atoms with Gasteiger partial charge in [0.1, 0.15) is 6.61 Å². The molecule has 1 aromatic carbocycles. The van der Waals surface area contributed by atoms with Crippen molar-refractivity contribution in [2.75, 3.05) is 31.3 Å². The lowest BCUT2D eigenvalue weighted by Crippen LogP contribution is -2.36. The lowest BCUT2D eigenvalue weighted by molar-refractivity contribution is 0.147. The zero-order valence-electron chi connectivity index (χ0n) is 15.0. The van der Waals surface area contributed by atoms with Gasteiger partial charge in [-0.3, -0.25) is 0 Å². The van der Waals surface area contributed by atoms with Crippen LogP contribution in [-0.2, 0) is 11.2 Å². The summed E-state index contributed by atoms with van der Waals surface area (Å²) in [6.07, 6.45) is 3.00. The number of rotatable bonds is 12. The zero-order valence-corrected chi connectivity index (χ0v) is 16.6. The summed E-state index contributed by atoms with van der Waals surface area (Å²) in [5.41, 5.74) is 1.01. The normalized spacial score (nSPS) is 18.2. The molecule has 0 bridgehead atoms. The Labute approximate surface area is 164 Å². The fraction of sp³-hybridized carbons (Fsp3) is 0.632. The molecular weight excluding hydrogens is 374 g/mol. The van der Waals surface area contributed by atoms with E-state index in [4.69, 9.17) is 21.4 Å². The first-order chi connectivity index (χ1) is 12.6. The van der Waals surface area contributed by atoms with E-state index in [0.717, 1.165) is 36.3 Å². The number of aliphatic hydroxyl groups excluding tert-OH is 2. The van der Waals surface area contributed by atoms with Crippen molar-refractivity contribution in [1.82, 2.24) is 4.90 Å². The first kappa shape index (κ1) is 21.4. The standard InChI is InChI=1S/C19H28ClNO4S/c20-16-5-3-4-15(12-16)13-18(23)7-6-17-14-25-19(24)21(17)8-11-26-10-2-1-9-22/h3-5,12,17-18,22-23H,1-2,6-11,13-14H2/t17?,18-/m1/s1. The van der Waals surface area contributed by atoms with E-state index in [1.165, 1.54) is 0 Å². The van der Waals surface area contributed by atoms with Crippen LogP contribution in [0.1, 0.15) is 31.2 Å². The summed E-state index contributed by atoms with van der Waals surface area (Å²) in [5.74, 6) is 1.86. The Balaban J connectivity index is 1.70. The molecule has 146 valence electrons. The molecule has 1 amide bonds. The quantitative estimate of drug-likeness (QED) is 0.525. The molecule has 0 radical (unpaired) electrons. The van der Waals surface area contributed by atoms with Gasteiger partial charge in [0.25, 0.3) is 0 Å². The van der Waals surface area contributed by atoms with Gasteiger partial charge < -0.3 is 19.8 Å². The van der Waals surface area contributed by atoms with Crippen molar-refractivity contribution in [1.29, 1.82) is 0 Å². The van der Waals surface area contributed by atoms with Gasteiger partial charge in [-0.2, -0.15) is 11.8 Å². The number of carbonyl (C=O) groups is 1. The summed E-state index contributed by atoms with van der Waals surface area (Å²) < 4.78 is 5.19. The monoisotopic (exact) mass is 401 g/mol. The van der Waals surface area contributed by atoms with Crippen LogP contribution in [0.15, 0.2) is 24.3 Å². The summed E-state index contributed by atoms with van der Waals surface area (Å²) in [5, 5.41) is 19.7. The number of aliphatic hydroxyl groups is 2. The molecule has 1 aromatic rings. The van der Waals surface area contributed by atoms with Crippen LogP contribution in [0.5, 0.6) is 0 Å². The SMILES string of the molecule is O=C1OCC(CC[C@@H](O)Cc2cccc(Cl)c2)N1CCSCCCCO. The van der Waals surface area contributed by atoms with Gasteiger partial charge in [-0.05, 0) is 55.6 Å². The minimum atomic E-state index is -0.459. The van der Waals surface area contributed by atoms with Gasteiger partial charge in [0, 0.05) is 23.9 Å². The second-order valence-corrected chi connectivity index (χ2v) is 8.19. The second-order valence-electron chi connectivity index (χ2n) is 6.53. The first-order valence-corrected chi connectivity index (χ1v) is 10.7. The number of amides is 1. The number of ether oxygens (including phenoxy) is 1. The number of nitrogens with zero attached hydrogens (tertiary/aromatic N) is 1. The van der Waals surface area contributed by atoms with Crippen LogP contribution >= 0.6 is 23.4 Å². The van der Waals surface area contributed by atoms with Gasteiger partial charge in [-0.1, -0.05) is 23.7 Å². The fourth-order valence-corrected chi connectivity index (χ4v) is 4.16. The van der Waals surface area contributed by atoms with Crippen molar-refractivity contribution < 1.29 is 19.7 Å². The molecule has 1 aliphatic heterocycles. The number of carbonyl (C=O) groups excluding carboxylic acids is 1. The van der Waals surface area contributed by atoms with Gasteiger partial charge >= 0.3 is 6.09 Å². The average molecular weight is 402 g/mol. The number of unbranched alkanes of at least 4 members (excludes halogenated alkanes) is 1. The van der Waals surface area contributed by atoms with Gasteiger partial charge in [-0.25, -0.2) is 4.79 Å². The van der Waals surface area contributed by atoms with Gasteiger partial charge in [0.2, 0.25) is 0 Å². The summed E-state index contributed by atoms with van der Waals surface area (Å²) >= 11 is 7.77. The Morgan fingerprint density at radius 2 is 2.19 bits per heavy atom. The molecule has 1 heterocycles. The van der Waals surface area contributed by atoms with Crippen molar-refractivity contribution in [3.8, 4) is 0 Å². The van der Waals surface area contributed by atoms with Crippen LogP contribution in [0.4, 0.5) is 4.79 Å². The lowest BCUT2D eigenvalue weighted by atomic mass is 10.0. The molecule has 2 atom stereocenters. The highest BCUT2D eigenvalue weighted by atomic mass is 35.5. The first-order valence-electron chi connectivity index (χ1n) is 9.14. The lowest BCUT2D eigenvalue weighted by Gasteiger charge is -2.22. The van der Waals surface area contributed by atoms with Crippen LogP contribution in [0.25, 0.3) is 0 Å². The third kappa shape index (κ3) is 7.35. The van der Waals surface area contributed by atoms with Crippen molar-refractivity contribution in [3.05, 3.63) is 34.9 Å². The summed E-state index contributed by atoms with van der Waals surface area (Å²) in [6, 6.07) is 7.56. The smallest absolute Gasteiger partial charge is 0.410 e. The maximum Gasteiger partial charge on any atom is 0.410 e. The van der Waals surface area contributed by atoms with E-state index in [1.54, 1.807) is 16.7 Å². The average Bonchev–Trinajstić information content (AvgIpc) is 2.96. The molecule has 0 aliphatic carbocycles. The maximum absolute atomic E-state index is 11.9. The Morgan fingerprint density at radius 3 is 2.96 bits per heavy atom. The molecule has 0 saturated carbocycles. The van der Waals surface area contributed by atoms with Crippen LogP contribution in [-0.4, -0.2) is 64.6 Å². The van der Waals surface area contributed by atoms with E-state index < -0.39 is 6.10 Å². The number of hydrogen-bond acceptors (Lipinski definition) is 5. The highest BCUT2D eigenvalue weighted by Crippen LogP contribution is 2.20. The minimum absolute atomic E-state index is 0.0366. The Morgan fingerprint density at radius 1 is 1.35 bits per heavy atom. The van der Waals surface area contributed by atoms with Gasteiger partial charge in [0.05, 0.1) is 12.1 Å². The van der Waals surface area contributed by atoms with Crippen LogP contribution < -0.4 is 0 Å². The molecule has 1 unspecified atom stereocenters. The second kappa shape index (κ2) is 11.7. The number of cyclic esters (lactones) is 1. The van der Waals surface area contributed by atoms with Gasteiger partial charge in [0.15, 0.2) is 0 Å². The van der Waals surface area contributed by atoms with Crippen LogP contribution in [0.3, 0.4) is 0 Å². The molecule has 1 fully saturated rings. The summed E-state index contributed by atoms with van der Waals surface area (Å²) in [4.78, 5) is 13.7. The molecule has 1 aliphatic rings. The third-order valence-electron chi connectivity index (χ3n) is 4.44. The van der Waals surface area contributed by atoms with E-state index >= 15 is 0 Å². The molecule has 2 N–H and O–H groups in total. The van der Waals surface area contributed by atoms with Crippen molar-refractivity contribution >= 4 is 29.5 Å². The zero-order chi connectivity index (χ0) is 18.8. The summed E-state index contributed by atoms with van der Waals surface area (Å²) in [7, 11) is 0. The molecular formula is C19H28ClNO4S. The predicted molar refractivity (Wildman–Crippen MR) is 106 cm³/mol. The highest BCUT2D eigenvalue weighted by molar-refractivity contribution is 7.99. The largest absolute Gasteiger partial charge is 0.447 e. The summed E-state index contributed by atoms with van der Waals surface area (Å²) in [6.45, 7) is 1.30. The topological polar surface area (TPSA) is 70.0 Å². The van der Waals surface area contributed by atoms with E-state index in [-0.39, 0.29) is 18.7 Å². The van der Waals surface area contributed by atoms with Crippen molar-refractivity contribution in [2.45, 2.75) is 44.2 Å². The highest BCUT2D eigenvalue weighted by Gasteiger charge is 2.32. The molecule has 7 heteroatoms. The van der Waals surface area contributed by atoms with Crippen molar-refractivity contribution in [2.24, 2.45) is 0 Å². The number of hydrogen-bond donors (Lipinski definition) is 2. The number of thioether (sulfide) groups is 1. The Kier molecular flexibility index (Phi) is 9.61. The van der Waals surface area contributed by atoms with Crippen molar-refractivity contribution in [3.63, 3.8) is 0 Å². The molecule has 26 heavy (non-hydrogen) atoms. The Bertz CT molecular complexity index is 560. The predicted octanol–water partition coefficient (Wildman–Crippen LogP) is 3.35. The third-order valence-corrected chi connectivity index (χ3v) is 5.72. The molecule has 1 saturated heterocycles. The van der Waals surface area contributed by atoms with E-state index in [2.05, 4.69) is 0 Å². The Hall–Kier alpha value is -0.950. The number of halogens is 1.